The number of halogens is 1. The van der Waals surface area contributed by atoms with E-state index in [1.807, 2.05) is 84.9 Å². The van der Waals surface area contributed by atoms with Crippen molar-refractivity contribution in [2.24, 2.45) is 0 Å². The van der Waals surface area contributed by atoms with Gasteiger partial charge in [0.05, 0.1) is 24.4 Å². The third kappa shape index (κ3) is 8.43. The molecule has 0 spiro atoms. The number of hydrogen-bond donors (Lipinski definition) is 3. The van der Waals surface area contributed by atoms with Crippen LogP contribution in [0.25, 0.3) is 0 Å². The number of carbonyl (C=O) groups is 2. The maximum Gasteiger partial charge on any atom is 0.303 e. The first kappa shape index (κ1) is 35.7. The fourth-order valence-electron chi connectivity index (χ4n) is 6.88. The van der Waals surface area contributed by atoms with Gasteiger partial charge in [0, 0.05) is 48.7 Å². The first-order valence-electron chi connectivity index (χ1n) is 17.0. The van der Waals surface area contributed by atoms with E-state index in [4.69, 9.17) is 25.8 Å². The number of benzene rings is 4. The van der Waals surface area contributed by atoms with Crippen LogP contribution in [0.1, 0.15) is 72.8 Å². The van der Waals surface area contributed by atoms with Crippen molar-refractivity contribution in [3.05, 3.63) is 136 Å². The maximum absolute atomic E-state index is 12.8. The second kappa shape index (κ2) is 15.9. The highest BCUT2D eigenvalue weighted by Gasteiger charge is 2.44. The Balaban J connectivity index is 1.30. The molecule has 10 heteroatoms. The van der Waals surface area contributed by atoms with Gasteiger partial charge in [0.15, 0.2) is 12.4 Å². The first-order valence-corrected chi connectivity index (χ1v) is 17.3. The van der Waals surface area contributed by atoms with Crippen molar-refractivity contribution in [3.63, 3.8) is 0 Å². The van der Waals surface area contributed by atoms with Crippen molar-refractivity contribution in [1.82, 2.24) is 4.90 Å². The summed E-state index contributed by atoms with van der Waals surface area (Å²) in [6, 6.07) is 32.7. The smallest absolute Gasteiger partial charge is 0.303 e. The molecular weight excluding hydrogens is 656 g/mol. The number of anilines is 1. The average molecular weight is 699 g/mol. The number of aliphatic hydroxyl groups excluding tert-OH is 1. The molecule has 0 saturated carbocycles. The summed E-state index contributed by atoms with van der Waals surface area (Å²) in [6.45, 7) is 4.66. The van der Waals surface area contributed by atoms with Gasteiger partial charge in [0.25, 0.3) is 5.91 Å². The van der Waals surface area contributed by atoms with Crippen LogP contribution < -0.4 is 5.32 Å². The van der Waals surface area contributed by atoms with Crippen LogP contribution in [0.2, 0.25) is 5.02 Å². The van der Waals surface area contributed by atoms with Crippen LogP contribution in [-0.4, -0.2) is 58.8 Å². The largest absolute Gasteiger partial charge is 0.453 e. The van der Waals surface area contributed by atoms with Crippen LogP contribution in [0.4, 0.5) is 5.69 Å². The van der Waals surface area contributed by atoms with E-state index in [1.165, 1.54) is 13.8 Å². The molecule has 1 amide bonds. The standard InChI is InChI=1S/C40H43ClN2O7/c1-26(48-27(2)45)38(46)42-34-10-6-9-31(23-34)39-49-35(24-43-21-19-40(47,20-22-43)32-15-17-33(41)18-16-32)36(29-7-4-3-5-8-29)37(50-39)30-13-11-28(25-44)12-14-30/h3-18,23,26,35-37,39,44,47H,19-22,24-25H2,1-2H3,(H,42,46). The summed E-state index contributed by atoms with van der Waals surface area (Å²) in [5.41, 5.74) is 3.99. The summed E-state index contributed by atoms with van der Waals surface area (Å²) in [4.78, 5) is 26.5. The Hall–Kier alpha value is -4.09. The molecule has 4 aromatic carbocycles. The summed E-state index contributed by atoms with van der Waals surface area (Å²) < 4.78 is 18.8. The van der Waals surface area contributed by atoms with Gasteiger partial charge >= 0.3 is 5.97 Å². The zero-order valence-corrected chi connectivity index (χ0v) is 29.0. The fraction of sp³-hybridized carbons (Fsp3) is 0.350. The minimum Gasteiger partial charge on any atom is -0.453 e. The predicted molar refractivity (Wildman–Crippen MR) is 190 cm³/mol. The highest BCUT2D eigenvalue weighted by molar-refractivity contribution is 6.30. The normalized spacial score (nSPS) is 22.7. The van der Waals surface area contributed by atoms with Crippen molar-refractivity contribution in [3.8, 4) is 0 Å². The number of piperidine rings is 1. The topological polar surface area (TPSA) is 118 Å². The summed E-state index contributed by atoms with van der Waals surface area (Å²) in [5, 5.41) is 24.8. The van der Waals surface area contributed by atoms with Crippen LogP contribution in [0.5, 0.6) is 0 Å². The van der Waals surface area contributed by atoms with E-state index < -0.39 is 36.0 Å². The van der Waals surface area contributed by atoms with Gasteiger partial charge in [-0.2, -0.15) is 0 Å². The van der Waals surface area contributed by atoms with Gasteiger partial charge in [-0.15, -0.1) is 0 Å². The number of amides is 1. The molecule has 2 aliphatic rings. The first-order chi connectivity index (χ1) is 24.1. The van der Waals surface area contributed by atoms with E-state index in [0.717, 1.165) is 22.3 Å². The zero-order chi connectivity index (χ0) is 35.3. The highest BCUT2D eigenvalue weighted by atomic mass is 35.5. The number of hydrogen-bond acceptors (Lipinski definition) is 8. The molecule has 0 radical (unpaired) electrons. The van der Waals surface area contributed by atoms with Gasteiger partial charge in [0.1, 0.15) is 0 Å². The molecule has 2 heterocycles. The maximum atomic E-state index is 12.8. The molecule has 9 nitrogen and oxygen atoms in total. The second-order valence-corrected chi connectivity index (χ2v) is 13.5. The summed E-state index contributed by atoms with van der Waals surface area (Å²) in [6.07, 6.45) is -1.33. The highest BCUT2D eigenvalue weighted by Crippen LogP contribution is 2.47. The molecule has 4 aromatic rings. The molecule has 5 unspecified atom stereocenters. The molecule has 262 valence electrons. The van der Waals surface area contributed by atoms with Crippen molar-refractivity contribution >= 4 is 29.2 Å². The molecule has 5 atom stereocenters. The molecule has 50 heavy (non-hydrogen) atoms. The Labute approximate surface area is 297 Å². The van der Waals surface area contributed by atoms with E-state index in [0.29, 0.717) is 48.7 Å². The number of aliphatic hydroxyl groups is 2. The molecule has 0 aromatic heterocycles. The minimum atomic E-state index is -0.956. The SMILES string of the molecule is CC(=O)OC(C)C(=O)Nc1cccc(C2OC(CN3CCC(O)(c4ccc(Cl)cc4)CC3)C(c3ccccc3)C(c3ccc(CO)cc3)O2)c1. The molecule has 0 aliphatic carbocycles. The van der Waals surface area contributed by atoms with Gasteiger partial charge < -0.3 is 34.6 Å². The van der Waals surface area contributed by atoms with Gasteiger partial charge in [-0.3, -0.25) is 9.59 Å². The van der Waals surface area contributed by atoms with Gasteiger partial charge in [0.2, 0.25) is 0 Å². The molecule has 2 fully saturated rings. The lowest BCUT2D eigenvalue weighted by molar-refractivity contribution is -0.264. The van der Waals surface area contributed by atoms with Crippen LogP contribution in [0.15, 0.2) is 103 Å². The van der Waals surface area contributed by atoms with Crippen molar-refractivity contribution < 1.29 is 34.0 Å². The van der Waals surface area contributed by atoms with Crippen molar-refractivity contribution in [1.29, 1.82) is 0 Å². The lowest BCUT2D eigenvalue weighted by Gasteiger charge is -2.46. The number of ether oxygens (including phenoxy) is 3. The lowest BCUT2D eigenvalue weighted by atomic mass is 9.81. The Kier molecular flexibility index (Phi) is 11.3. The average Bonchev–Trinajstić information content (AvgIpc) is 3.13. The van der Waals surface area contributed by atoms with Crippen LogP contribution in [0, 0.1) is 0 Å². The molecular formula is C40H43ClN2O7. The molecule has 2 aliphatic heterocycles. The van der Waals surface area contributed by atoms with Gasteiger partial charge in [-0.25, -0.2) is 0 Å². The third-order valence-electron chi connectivity index (χ3n) is 9.61. The van der Waals surface area contributed by atoms with Crippen LogP contribution >= 0.6 is 11.6 Å². The summed E-state index contributed by atoms with van der Waals surface area (Å²) in [5.74, 6) is -1.17. The van der Waals surface area contributed by atoms with Gasteiger partial charge in [-0.05, 0) is 66.3 Å². The van der Waals surface area contributed by atoms with E-state index in [1.54, 1.807) is 6.07 Å². The number of nitrogens with one attached hydrogen (secondary N) is 1. The summed E-state index contributed by atoms with van der Waals surface area (Å²) in [7, 11) is 0. The van der Waals surface area contributed by atoms with Crippen LogP contribution in [0.3, 0.4) is 0 Å². The number of likely N-dealkylation sites (tertiary alicyclic amines) is 1. The molecule has 6 rings (SSSR count). The number of rotatable bonds is 10. The molecule has 3 N–H and O–H groups in total. The van der Waals surface area contributed by atoms with E-state index in [2.05, 4.69) is 22.3 Å². The molecule has 0 bridgehead atoms. The number of nitrogens with zero attached hydrogens (tertiary/aromatic N) is 1. The van der Waals surface area contributed by atoms with E-state index >= 15 is 0 Å². The quantitative estimate of drug-likeness (QED) is 0.158. The van der Waals surface area contributed by atoms with Gasteiger partial charge in [-0.1, -0.05) is 90.5 Å². The Morgan fingerprint density at radius 3 is 2.26 bits per heavy atom. The third-order valence-corrected chi connectivity index (χ3v) is 9.86. The number of esters is 1. The Bertz CT molecular complexity index is 1740. The molecule has 2 saturated heterocycles. The van der Waals surface area contributed by atoms with Crippen molar-refractivity contribution in [2.75, 3.05) is 25.0 Å². The lowest BCUT2D eigenvalue weighted by Crippen LogP contribution is -2.49. The monoisotopic (exact) mass is 698 g/mol. The minimum absolute atomic E-state index is 0.0613. The van der Waals surface area contributed by atoms with Crippen LogP contribution in [-0.2, 0) is 36.0 Å². The number of carbonyl (C=O) groups excluding carboxylic acids is 2. The van der Waals surface area contributed by atoms with Crippen molar-refractivity contribution in [2.45, 2.75) is 69.4 Å². The Morgan fingerprint density at radius 2 is 1.60 bits per heavy atom. The summed E-state index contributed by atoms with van der Waals surface area (Å²) >= 11 is 6.12. The van der Waals surface area contributed by atoms with E-state index in [9.17, 15) is 19.8 Å². The fourth-order valence-corrected chi connectivity index (χ4v) is 7.01. The second-order valence-electron chi connectivity index (χ2n) is 13.1. The predicted octanol–water partition coefficient (Wildman–Crippen LogP) is 6.65. The Morgan fingerprint density at radius 1 is 0.920 bits per heavy atom. The van der Waals surface area contributed by atoms with E-state index in [-0.39, 0.29) is 18.6 Å². The zero-order valence-electron chi connectivity index (χ0n) is 28.2.